The molecule has 1 amide bonds. The summed E-state index contributed by atoms with van der Waals surface area (Å²) in [4.78, 5) is 12.4. The van der Waals surface area contributed by atoms with Crippen LogP contribution < -0.4 is 10.6 Å². The highest BCUT2D eigenvalue weighted by Gasteiger charge is 2.14. The number of thiocarbonyl (C=S) groups is 1. The van der Waals surface area contributed by atoms with Gasteiger partial charge in [0.25, 0.3) is 5.91 Å². The summed E-state index contributed by atoms with van der Waals surface area (Å²) in [6, 6.07) is 14.3. The fourth-order valence-corrected chi connectivity index (χ4v) is 2.92. The quantitative estimate of drug-likeness (QED) is 0.512. The molecule has 0 spiro atoms. The molecule has 0 aliphatic rings. The molecule has 0 aliphatic carbocycles. The monoisotopic (exact) mass is 418 g/mol. The molecule has 0 saturated carbocycles. The van der Waals surface area contributed by atoms with E-state index in [1.54, 1.807) is 30.3 Å². The molecule has 2 N–H and O–H groups in total. The molecule has 7 heteroatoms. The van der Waals surface area contributed by atoms with Crippen molar-refractivity contribution in [3.8, 4) is 11.3 Å². The molecule has 4 nitrogen and oxygen atoms in total. The molecule has 0 unspecified atom stereocenters. The minimum Gasteiger partial charge on any atom is -0.451 e. The molecule has 2 aromatic carbocycles. The van der Waals surface area contributed by atoms with Crippen LogP contribution >= 0.6 is 35.4 Å². The maximum atomic E-state index is 12.4. The van der Waals surface area contributed by atoms with Crippen LogP contribution in [0.3, 0.4) is 0 Å². The fraction of sp³-hybridized carbons (Fsp3) is 0.100. The van der Waals surface area contributed by atoms with E-state index >= 15 is 0 Å². The summed E-state index contributed by atoms with van der Waals surface area (Å²) in [6.07, 6.45) is 0. The first-order chi connectivity index (χ1) is 12.8. The molecule has 0 saturated heterocycles. The minimum absolute atomic E-state index is 0.127. The lowest BCUT2D eigenvalue weighted by Gasteiger charge is -2.09. The highest BCUT2D eigenvalue weighted by Crippen LogP contribution is 2.26. The number of benzene rings is 2. The Morgan fingerprint density at radius 2 is 1.74 bits per heavy atom. The molecule has 138 valence electrons. The number of anilines is 1. The third kappa shape index (κ3) is 4.69. The second-order valence-electron chi connectivity index (χ2n) is 6.00. The molecule has 0 radical (unpaired) electrons. The van der Waals surface area contributed by atoms with Gasteiger partial charge in [-0.15, -0.1) is 0 Å². The Labute approximate surface area is 172 Å². The molecule has 0 fully saturated rings. The van der Waals surface area contributed by atoms with Crippen molar-refractivity contribution in [3.63, 3.8) is 0 Å². The van der Waals surface area contributed by atoms with Crippen LogP contribution in [0, 0.1) is 13.8 Å². The SMILES string of the molecule is Cc1ccc(-c2ccc(C(=O)NC(=S)Nc3ccc(Cl)c(Cl)c3)o2)cc1C. The van der Waals surface area contributed by atoms with Gasteiger partial charge in [-0.1, -0.05) is 35.3 Å². The average Bonchev–Trinajstić information content (AvgIpc) is 3.11. The highest BCUT2D eigenvalue weighted by atomic mass is 35.5. The zero-order chi connectivity index (χ0) is 19.6. The maximum absolute atomic E-state index is 12.4. The number of hydrogen-bond acceptors (Lipinski definition) is 3. The van der Waals surface area contributed by atoms with Gasteiger partial charge in [-0.2, -0.15) is 0 Å². The largest absolute Gasteiger partial charge is 0.451 e. The molecular weight excluding hydrogens is 403 g/mol. The molecule has 3 aromatic rings. The summed E-state index contributed by atoms with van der Waals surface area (Å²) in [6.45, 7) is 4.07. The number of carbonyl (C=O) groups is 1. The van der Waals surface area contributed by atoms with Gasteiger partial charge in [-0.25, -0.2) is 0 Å². The van der Waals surface area contributed by atoms with E-state index < -0.39 is 5.91 Å². The molecule has 0 bridgehead atoms. The zero-order valence-corrected chi connectivity index (χ0v) is 16.9. The van der Waals surface area contributed by atoms with Gasteiger partial charge in [0, 0.05) is 11.3 Å². The molecule has 1 aromatic heterocycles. The van der Waals surface area contributed by atoms with Gasteiger partial charge in [0.1, 0.15) is 5.76 Å². The van der Waals surface area contributed by atoms with Crippen molar-refractivity contribution in [3.05, 3.63) is 75.5 Å². The van der Waals surface area contributed by atoms with Crippen LogP contribution in [0.15, 0.2) is 52.9 Å². The predicted molar refractivity (Wildman–Crippen MR) is 114 cm³/mol. The Balaban J connectivity index is 1.67. The maximum Gasteiger partial charge on any atom is 0.293 e. The third-order valence-corrected chi connectivity index (χ3v) is 4.97. The zero-order valence-electron chi connectivity index (χ0n) is 14.6. The van der Waals surface area contributed by atoms with Crippen molar-refractivity contribution in [2.24, 2.45) is 0 Å². The van der Waals surface area contributed by atoms with E-state index in [0.29, 0.717) is 21.5 Å². The second-order valence-corrected chi connectivity index (χ2v) is 7.22. The van der Waals surface area contributed by atoms with Gasteiger partial charge in [0.15, 0.2) is 10.9 Å². The van der Waals surface area contributed by atoms with Crippen molar-refractivity contribution in [2.75, 3.05) is 5.32 Å². The molecular formula is C20H16Cl2N2O2S. The van der Waals surface area contributed by atoms with E-state index in [0.717, 1.165) is 11.1 Å². The van der Waals surface area contributed by atoms with E-state index in [4.69, 9.17) is 39.8 Å². The topological polar surface area (TPSA) is 54.3 Å². The van der Waals surface area contributed by atoms with Gasteiger partial charge >= 0.3 is 0 Å². The molecule has 0 aliphatic heterocycles. The normalized spacial score (nSPS) is 10.5. The Hall–Kier alpha value is -2.34. The summed E-state index contributed by atoms with van der Waals surface area (Å²) in [5, 5.41) is 6.41. The van der Waals surface area contributed by atoms with Crippen molar-refractivity contribution in [2.45, 2.75) is 13.8 Å². The van der Waals surface area contributed by atoms with E-state index in [2.05, 4.69) is 10.6 Å². The van der Waals surface area contributed by atoms with Gasteiger partial charge < -0.3 is 9.73 Å². The van der Waals surface area contributed by atoms with E-state index in [1.165, 1.54) is 5.56 Å². The smallest absolute Gasteiger partial charge is 0.293 e. The first-order valence-electron chi connectivity index (χ1n) is 8.08. The summed E-state index contributed by atoms with van der Waals surface area (Å²) in [5.41, 5.74) is 3.88. The molecule has 1 heterocycles. The average molecular weight is 419 g/mol. The number of rotatable bonds is 3. The Morgan fingerprint density at radius 3 is 2.44 bits per heavy atom. The van der Waals surface area contributed by atoms with Crippen molar-refractivity contribution < 1.29 is 9.21 Å². The Bertz CT molecular complexity index is 1030. The Kier molecular flexibility index (Phi) is 5.85. The van der Waals surface area contributed by atoms with Gasteiger partial charge in [-0.3, -0.25) is 10.1 Å². The number of furan rings is 1. The third-order valence-electron chi connectivity index (χ3n) is 4.03. The number of nitrogens with one attached hydrogen (secondary N) is 2. The van der Waals surface area contributed by atoms with Crippen LogP contribution in [0.4, 0.5) is 5.69 Å². The molecule has 27 heavy (non-hydrogen) atoms. The lowest BCUT2D eigenvalue weighted by molar-refractivity contribution is 0.0951. The summed E-state index contributed by atoms with van der Waals surface area (Å²) in [5.74, 6) is 0.343. The van der Waals surface area contributed by atoms with Gasteiger partial charge in [0.05, 0.1) is 10.0 Å². The van der Waals surface area contributed by atoms with Crippen LogP contribution in [0.25, 0.3) is 11.3 Å². The number of halogens is 2. The molecule has 0 atom stereocenters. The van der Waals surface area contributed by atoms with Crippen LogP contribution in [-0.4, -0.2) is 11.0 Å². The van der Waals surface area contributed by atoms with Crippen LogP contribution in [-0.2, 0) is 0 Å². The summed E-state index contributed by atoms with van der Waals surface area (Å²) >= 11 is 17.0. The highest BCUT2D eigenvalue weighted by molar-refractivity contribution is 7.80. The number of aryl methyl sites for hydroxylation is 2. The van der Waals surface area contributed by atoms with Crippen LogP contribution in [0.5, 0.6) is 0 Å². The van der Waals surface area contributed by atoms with Gasteiger partial charge in [-0.05, 0) is 73.6 Å². The van der Waals surface area contributed by atoms with E-state index in [9.17, 15) is 4.79 Å². The van der Waals surface area contributed by atoms with Gasteiger partial charge in [0.2, 0.25) is 0 Å². The fourth-order valence-electron chi connectivity index (χ4n) is 2.41. The molecule has 3 rings (SSSR count). The summed E-state index contributed by atoms with van der Waals surface area (Å²) < 4.78 is 5.67. The first-order valence-corrected chi connectivity index (χ1v) is 9.25. The van der Waals surface area contributed by atoms with E-state index in [-0.39, 0.29) is 10.9 Å². The Morgan fingerprint density at radius 1 is 0.963 bits per heavy atom. The van der Waals surface area contributed by atoms with Crippen LogP contribution in [0.1, 0.15) is 21.7 Å². The van der Waals surface area contributed by atoms with Crippen molar-refractivity contribution >= 4 is 52.1 Å². The summed E-state index contributed by atoms with van der Waals surface area (Å²) in [7, 11) is 0. The van der Waals surface area contributed by atoms with Crippen LogP contribution in [0.2, 0.25) is 10.0 Å². The van der Waals surface area contributed by atoms with Crippen molar-refractivity contribution in [1.29, 1.82) is 0 Å². The minimum atomic E-state index is -0.442. The second kappa shape index (κ2) is 8.13. The lowest BCUT2D eigenvalue weighted by Crippen LogP contribution is -2.33. The number of carbonyl (C=O) groups excluding carboxylic acids is 1. The van der Waals surface area contributed by atoms with E-state index in [1.807, 2.05) is 32.0 Å². The first kappa shape index (κ1) is 19.4. The predicted octanol–water partition coefficient (Wildman–Crippen LogP) is 6.00. The number of hydrogen-bond donors (Lipinski definition) is 2. The lowest BCUT2D eigenvalue weighted by atomic mass is 10.1. The number of amides is 1. The van der Waals surface area contributed by atoms with Crippen molar-refractivity contribution in [1.82, 2.24) is 5.32 Å². The standard InChI is InChI=1S/C20H16Cl2N2O2S/c1-11-3-4-13(9-12(11)2)17-7-8-18(26-17)19(25)24-20(27)23-14-5-6-15(21)16(22)10-14/h3-10H,1-2H3,(H2,23,24,25,27).